The highest BCUT2D eigenvalue weighted by atomic mass is 79.9. The molecule has 0 aliphatic rings. The van der Waals surface area contributed by atoms with Crippen LogP contribution in [0.5, 0.6) is 5.75 Å². The van der Waals surface area contributed by atoms with E-state index in [0.717, 1.165) is 12.1 Å². The molecule has 3 nitrogen and oxygen atoms in total. The minimum atomic E-state index is -4.56. The first-order valence-corrected chi connectivity index (χ1v) is 6.21. The monoisotopic (exact) mass is 328 g/mol. The number of phenols is 1. The van der Waals surface area contributed by atoms with Gasteiger partial charge in [-0.2, -0.15) is 13.2 Å². The Bertz CT molecular complexity index is 409. The van der Waals surface area contributed by atoms with Gasteiger partial charge in [0.1, 0.15) is 11.9 Å². The highest BCUT2D eigenvalue weighted by molar-refractivity contribution is 9.09. The van der Waals surface area contributed by atoms with Crippen LogP contribution in [0.2, 0.25) is 0 Å². The van der Waals surface area contributed by atoms with Gasteiger partial charge in [-0.05, 0) is 18.6 Å². The second-order valence-electron chi connectivity index (χ2n) is 3.76. The topological polar surface area (TPSA) is 60.7 Å². The van der Waals surface area contributed by atoms with Crippen molar-refractivity contribution in [3.05, 3.63) is 29.3 Å². The lowest BCUT2D eigenvalue weighted by molar-refractivity contribution is -0.137. The second kappa shape index (κ2) is 5.90. The molecule has 1 aromatic rings. The van der Waals surface area contributed by atoms with Crippen LogP contribution >= 0.6 is 15.9 Å². The van der Waals surface area contributed by atoms with Crippen molar-refractivity contribution >= 4 is 15.9 Å². The van der Waals surface area contributed by atoms with E-state index in [1.165, 1.54) is 0 Å². The lowest BCUT2D eigenvalue weighted by Crippen LogP contribution is -2.19. The first-order valence-electron chi connectivity index (χ1n) is 5.09. The highest BCUT2D eigenvalue weighted by Gasteiger charge is 2.32. The molecule has 0 fully saturated rings. The Kier molecular flexibility index (Phi) is 5.01. The molecule has 1 rings (SSSR count). The van der Waals surface area contributed by atoms with Crippen LogP contribution in [-0.4, -0.2) is 26.8 Å². The van der Waals surface area contributed by atoms with Gasteiger partial charge in [-0.1, -0.05) is 22.0 Å². The number of aliphatic hydroxyl groups is 2. The van der Waals surface area contributed by atoms with Crippen molar-refractivity contribution < 1.29 is 28.5 Å². The fourth-order valence-electron chi connectivity index (χ4n) is 1.45. The molecule has 1 aromatic carbocycles. The van der Waals surface area contributed by atoms with Crippen molar-refractivity contribution in [2.24, 2.45) is 0 Å². The number of benzene rings is 1. The average Bonchev–Trinajstić information content (AvgIpc) is 2.27. The number of hydrogen-bond donors (Lipinski definition) is 3. The van der Waals surface area contributed by atoms with E-state index < -0.39 is 29.7 Å². The van der Waals surface area contributed by atoms with Crippen LogP contribution in [0.4, 0.5) is 13.2 Å². The number of alkyl halides is 4. The third-order valence-corrected chi connectivity index (χ3v) is 2.90. The Hall–Kier alpha value is -0.790. The van der Waals surface area contributed by atoms with Crippen LogP contribution in [0, 0.1) is 0 Å². The molecule has 7 heteroatoms. The van der Waals surface area contributed by atoms with Gasteiger partial charge in [0.2, 0.25) is 0 Å². The van der Waals surface area contributed by atoms with Crippen molar-refractivity contribution in [1.82, 2.24) is 0 Å². The lowest BCUT2D eigenvalue weighted by Gasteiger charge is -2.19. The van der Waals surface area contributed by atoms with Gasteiger partial charge < -0.3 is 15.3 Å². The Labute approximate surface area is 110 Å². The number of hydrogen-bond acceptors (Lipinski definition) is 3. The summed E-state index contributed by atoms with van der Waals surface area (Å²) in [4.78, 5) is 0. The Morgan fingerprint density at radius 1 is 1.22 bits per heavy atom. The molecule has 3 N–H and O–H groups in total. The molecule has 0 aromatic heterocycles. The van der Waals surface area contributed by atoms with E-state index in [4.69, 9.17) is 0 Å². The summed E-state index contributed by atoms with van der Waals surface area (Å²) < 4.78 is 37.1. The van der Waals surface area contributed by atoms with Crippen molar-refractivity contribution in [1.29, 1.82) is 0 Å². The van der Waals surface area contributed by atoms with Gasteiger partial charge in [0.15, 0.2) is 0 Å². The van der Waals surface area contributed by atoms with Crippen LogP contribution < -0.4 is 0 Å². The molecule has 0 bridgehead atoms. The third-order valence-electron chi connectivity index (χ3n) is 2.45. The molecule has 0 heterocycles. The molecule has 2 unspecified atom stereocenters. The van der Waals surface area contributed by atoms with E-state index in [2.05, 4.69) is 15.9 Å². The fourth-order valence-corrected chi connectivity index (χ4v) is 1.92. The summed E-state index contributed by atoms with van der Waals surface area (Å²) in [5.74, 6) is -0.689. The predicted molar refractivity (Wildman–Crippen MR) is 62.5 cm³/mol. The quantitative estimate of drug-likeness (QED) is 0.744. The highest BCUT2D eigenvalue weighted by Crippen LogP contribution is 2.35. The average molecular weight is 329 g/mol. The lowest BCUT2D eigenvalue weighted by atomic mass is 10.00. The van der Waals surface area contributed by atoms with E-state index in [9.17, 15) is 28.5 Å². The van der Waals surface area contributed by atoms with Crippen LogP contribution in [0.3, 0.4) is 0 Å². The zero-order chi connectivity index (χ0) is 13.9. The Balaban J connectivity index is 2.99. The van der Waals surface area contributed by atoms with Gasteiger partial charge in [-0.15, -0.1) is 0 Å². The van der Waals surface area contributed by atoms with Crippen molar-refractivity contribution in [2.45, 2.75) is 24.8 Å². The molecular weight excluding hydrogens is 317 g/mol. The fraction of sp³-hybridized carbons (Fsp3) is 0.455. The van der Waals surface area contributed by atoms with Crippen molar-refractivity contribution in [3.63, 3.8) is 0 Å². The Morgan fingerprint density at radius 2 is 1.83 bits per heavy atom. The van der Waals surface area contributed by atoms with E-state index in [0.29, 0.717) is 11.4 Å². The number of rotatable bonds is 4. The minimum Gasteiger partial charge on any atom is -0.508 e. The van der Waals surface area contributed by atoms with E-state index >= 15 is 0 Å². The molecule has 0 aliphatic heterocycles. The molecule has 0 aliphatic carbocycles. The molecule has 0 saturated heterocycles. The second-order valence-corrected chi connectivity index (χ2v) is 4.55. The SMILES string of the molecule is Oc1cc(C(F)(F)F)ccc1C(O)C(O)CCBr. The summed E-state index contributed by atoms with van der Waals surface area (Å²) in [5.41, 5.74) is -1.14. The zero-order valence-corrected chi connectivity index (χ0v) is 10.7. The summed E-state index contributed by atoms with van der Waals surface area (Å²) >= 11 is 3.06. The maximum Gasteiger partial charge on any atom is 0.416 e. The number of halogens is 4. The van der Waals surface area contributed by atoms with E-state index in [1.54, 1.807) is 0 Å². The van der Waals surface area contributed by atoms with E-state index in [1.807, 2.05) is 0 Å². The smallest absolute Gasteiger partial charge is 0.416 e. The minimum absolute atomic E-state index is 0.128. The van der Waals surface area contributed by atoms with Gasteiger partial charge in [0.25, 0.3) is 0 Å². The largest absolute Gasteiger partial charge is 0.508 e. The molecule has 2 atom stereocenters. The standard InChI is InChI=1S/C11H12BrF3O3/c12-4-3-8(16)10(18)7-2-1-6(5-9(7)17)11(13,14)15/h1-2,5,8,10,16-18H,3-4H2. The molecular formula is C11H12BrF3O3. The van der Waals surface area contributed by atoms with E-state index in [-0.39, 0.29) is 12.0 Å². The van der Waals surface area contributed by atoms with Crippen LogP contribution in [-0.2, 0) is 6.18 Å². The molecule has 102 valence electrons. The van der Waals surface area contributed by atoms with Gasteiger partial charge in [-0.25, -0.2) is 0 Å². The third kappa shape index (κ3) is 3.60. The first kappa shape index (κ1) is 15.3. The maximum atomic E-state index is 12.4. The van der Waals surface area contributed by atoms with Gasteiger partial charge in [0.05, 0.1) is 11.7 Å². The number of phenolic OH excluding ortho intramolecular Hbond substituents is 1. The van der Waals surface area contributed by atoms with Crippen molar-refractivity contribution in [2.75, 3.05) is 5.33 Å². The van der Waals surface area contributed by atoms with Crippen LogP contribution in [0.1, 0.15) is 23.7 Å². The van der Waals surface area contributed by atoms with Crippen molar-refractivity contribution in [3.8, 4) is 5.75 Å². The summed E-state index contributed by atoms with van der Waals surface area (Å²) in [5, 5.41) is 29.1. The Morgan fingerprint density at radius 3 is 2.28 bits per heavy atom. The summed E-state index contributed by atoms with van der Waals surface area (Å²) in [7, 11) is 0. The maximum absolute atomic E-state index is 12.4. The van der Waals surface area contributed by atoms with Crippen LogP contribution in [0.25, 0.3) is 0 Å². The summed E-state index contributed by atoms with van der Waals surface area (Å²) in [6, 6.07) is 2.23. The van der Waals surface area contributed by atoms with Gasteiger partial charge >= 0.3 is 6.18 Å². The first-order chi connectivity index (χ1) is 8.27. The summed E-state index contributed by atoms with van der Waals surface area (Å²) in [6.45, 7) is 0. The zero-order valence-electron chi connectivity index (χ0n) is 9.15. The number of aromatic hydroxyl groups is 1. The summed E-state index contributed by atoms with van der Waals surface area (Å²) in [6.07, 6.45) is -6.94. The van der Waals surface area contributed by atoms with Crippen LogP contribution in [0.15, 0.2) is 18.2 Å². The molecule has 0 saturated carbocycles. The normalized spacial score (nSPS) is 15.4. The molecule has 18 heavy (non-hydrogen) atoms. The number of aliphatic hydroxyl groups excluding tert-OH is 2. The molecule has 0 radical (unpaired) electrons. The molecule has 0 amide bonds. The predicted octanol–water partition coefficient (Wildman–Crippen LogP) is 2.59. The van der Waals surface area contributed by atoms with Gasteiger partial charge in [-0.3, -0.25) is 0 Å². The van der Waals surface area contributed by atoms with Gasteiger partial charge in [0, 0.05) is 10.9 Å². The molecule has 0 spiro atoms.